The van der Waals surface area contributed by atoms with Crippen molar-refractivity contribution in [2.45, 2.75) is 38.9 Å². The summed E-state index contributed by atoms with van der Waals surface area (Å²) in [6.45, 7) is 3.68. The molecule has 130 valence electrons. The summed E-state index contributed by atoms with van der Waals surface area (Å²) in [5.74, 6) is -0.663. The molecule has 0 saturated carbocycles. The first-order chi connectivity index (χ1) is 11.2. The molecular formula is C16H19F3N4O. The number of nitrogens with zero attached hydrogens (tertiary/aromatic N) is 3. The number of aromatic nitrogens is 3. The Hall–Kier alpha value is -2.38. The zero-order valence-electron chi connectivity index (χ0n) is 13.7. The first-order valence-corrected chi connectivity index (χ1v) is 7.45. The summed E-state index contributed by atoms with van der Waals surface area (Å²) in [7, 11) is 1.79. The molecular weight excluding hydrogens is 321 g/mol. The van der Waals surface area contributed by atoms with Gasteiger partial charge < -0.3 is 5.32 Å². The summed E-state index contributed by atoms with van der Waals surface area (Å²) in [4.78, 5) is 15.7. The van der Waals surface area contributed by atoms with Crippen molar-refractivity contribution in [1.82, 2.24) is 20.1 Å². The van der Waals surface area contributed by atoms with Gasteiger partial charge in [0, 0.05) is 37.1 Å². The third-order valence-electron chi connectivity index (χ3n) is 3.91. The number of carbonyl (C=O) groups excluding carboxylic acids is 1. The van der Waals surface area contributed by atoms with Gasteiger partial charge in [0.25, 0.3) is 0 Å². The van der Waals surface area contributed by atoms with E-state index in [4.69, 9.17) is 0 Å². The maximum Gasteiger partial charge on any atom is 0.412 e. The fourth-order valence-corrected chi connectivity index (χ4v) is 2.55. The molecule has 5 nitrogen and oxygen atoms in total. The van der Waals surface area contributed by atoms with Crippen molar-refractivity contribution in [3.05, 3.63) is 47.0 Å². The average molecular weight is 340 g/mol. The van der Waals surface area contributed by atoms with Gasteiger partial charge in [-0.1, -0.05) is 6.07 Å². The molecule has 0 radical (unpaired) electrons. The van der Waals surface area contributed by atoms with Gasteiger partial charge in [-0.05, 0) is 31.9 Å². The molecule has 0 spiro atoms. The van der Waals surface area contributed by atoms with E-state index >= 15 is 0 Å². The number of aryl methyl sites for hydroxylation is 2. The minimum absolute atomic E-state index is 0.0415. The van der Waals surface area contributed by atoms with Crippen LogP contribution in [0.5, 0.6) is 0 Å². The molecule has 24 heavy (non-hydrogen) atoms. The van der Waals surface area contributed by atoms with E-state index in [1.54, 1.807) is 11.7 Å². The summed E-state index contributed by atoms with van der Waals surface area (Å²) < 4.78 is 41.3. The molecule has 0 unspecified atom stereocenters. The second-order valence-corrected chi connectivity index (χ2v) is 5.60. The highest BCUT2D eigenvalue weighted by Gasteiger charge is 2.41. The van der Waals surface area contributed by atoms with Crippen LogP contribution in [0.2, 0.25) is 0 Å². The maximum absolute atomic E-state index is 13.2. The van der Waals surface area contributed by atoms with Gasteiger partial charge in [-0.25, -0.2) is 0 Å². The van der Waals surface area contributed by atoms with Gasteiger partial charge in [-0.3, -0.25) is 14.5 Å². The minimum atomic E-state index is -4.58. The maximum atomic E-state index is 13.2. The van der Waals surface area contributed by atoms with Gasteiger partial charge in [0.2, 0.25) is 5.91 Å². The Balaban J connectivity index is 2.06. The predicted octanol–water partition coefficient (Wildman–Crippen LogP) is 2.78. The fourth-order valence-electron chi connectivity index (χ4n) is 2.55. The predicted molar refractivity (Wildman–Crippen MR) is 82.2 cm³/mol. The summed E-state index contributed by atoms with van der Waals surface area (Å²) >= 11 is 0. The van der Waals surface area contributed by atoms with Crippen molar-refractivity contribution in [2.24, 2.45) is 7.05 Å². The van der Waals surface area contributed by atoms with E-state index in [2.05, 4.69) is 15.4 Å². The van der Waals surface area contributed by atoms with Crippen molar-refractivity contribution in [1.29, 1.82) is 0 Å². The molecule has 0 aliphatic carbocycles. The molecule has 1 amide bonds. The van der Waals surface area contributed by atoms with Gasteiger partial charge in [-0.15, -0.1) is 0 Å². The number of carbonyl (C=O) groups is 1. The van der Waals surface area contributed by atoms with Crippen molar-refractivity contribution >= 4 is 5.91 Å². The molecule has 2 heterocycles. The molecule has 8 heteroatoms. The molecule has 1 N–H and O–H groups in total. The minimum Gasteiger partial charge on any atom is -0.341 e. The van der Waals surface area contributed by atoms with Crippen LogP contribution in [0.4, 0.5) is 13.2 Å². The zero-order valence-corrected chi connectivity index (χ0v) is 13.7. The number of halogens is 3. The second kappa shape index (κ2) is 7.02. The number of hydrogen-bond donors (Lipinski definition) is 1. The van der Waals surface area contributed by atoms with Gasteiger partial charge in [-0.2, -0.15) is 18.3 Å². The SMILES string of the molecule is Cc1nn(C)c(C)c1CCC(=O)N[C@@H](c1cccnc1)C(F)(F)F. The summed E-state index contributed by atoms with van der Waals surface area (Å²) in [6, 6.07) is 0.637. The van der Waals surface area contributed by atoms with Crippen LogP contribution < -0.4 is 5.32 Å². The molecule has 1 atom stereocenters. The number of pyridine rings is 1. The van der Waals surface area contributed by atoms with Crippen molar-refractivity contribution < 1.29 is 18.0 Å². The van der Waals surface area contributed by atoms with E-state index in [1.165, 1.54) is 18.3 Å². The van der Waals surface area contributed by atoms with E-state index < -0.39 is 18.1 Å². The Morgan fingerprint density at radius 1 is 1.38 bits per heavy atom. The van der Waals surface area contributed by atoms with Crippen LogP contribution in [0.1, 0.15) is 35.0 Å². The van der Waals surface area contributed by atoms with Crippen LogP contribution in [0.3, 0.4) is 0 Å². The number of amides is 1. The van der Waals surface area contributed by atoms with Crippen LogP contribution in [0.15, 0.2) is 24.5 Å². The third-order valence-corrected chi connectivity index (χ3v) is 3.91. The summed E-state index contributed by atoms with van der Waals surface area (Å²) in [6.07, 6.45) is -1.80. The van der Waals surface area contributed by atoms with Crippen LogP contribution >= 0.6 is 0 Å². The molecule has 0 fully saturated rings. The highest BCUT2D eigenvalue weighted by Crippen LogP contribution is 2.32. The lowest BCUT2D eigenvalue weighted by atomic mass is 10.1. The van der Waals surface area contributed by atoms with Crippen molar-refractivity contribution in [2.75, 3.05) is 0 Å². The number of hydrogen-bond acceptors (Lipinski definition) is 3. The Kier molecular flexibility index (Phi) is 5.26. The highest BCUT2D eigenvalue weighted by atomic mass is 19.4. The molecule has 0 aliphatic rings. The van der Waals surface area contributed by atoms with E-state index in [-0.39, 0.29) is 12.0 Å². The van der Waals surface area contributed by atoms with Gasteiger partial charge >= 0.3 is 6.18 Å². The standard InChI is InChI=1S/C16H19F3N4O/c1-10-13(11(2)23(3)22-10)6-7-14(24)21-15(16(17,18)19)12-5-4-8-20-9-12/h4-5,8-9,15H,6-7H2,1-3H3,(H,21,24)/t15-/m0/s1. The molecule has 2 aromatic heterocycles. The molecule has 0 saturated heterocycles. The Morgan fingerprint density at radius 3 is 2.58 bits per heavy atom. The van der Waals surface area contributed by atoms with Crippen LogP contribution in [-0.4, -0.2) is 26.8 Å². The lowest BCUT2D eigenvalue weighted by Gasteiger charge is -2.21. The van der Waals surface area contributed by atoms with E-state index in [0.29, 0.717) is 6.42 Å². The van der Waals surface area contributed by atoms with Gasteiger partial charge in [0.15, 0.2) is 6.04 Å². The van der Waals surface area contributed by atoms with E-state index in [1.807, 2.05) is 13.8 Å². The smallest absolute Gasteiger partial charge is 0.341 e. The third kappa shape index (κ3) is 4.12. The van der Waals surface area contributed by atoms with Gasteiger partial charge in [0.1, 0.15) is 0 Å². The molecule has 0 aromatic carbocycles. The Labute approximate surface area is 137 Å². The second-order valence-electron chi connectivity index (χ2n) is 5.60. The summed E-state index contributed by atoms with van der Waals surface area (Å²) in [5.41, 5.74) is 2.48. The van der Waals surface area contributed by atoms with E-state index in [9.17, 15) is 18.0 Å². The Morgan fingerprint density at radius 2 is 2.08 bits per heavy atom. The average Bonchev–Trinajstić information content (AvgIpc) is 2.75. The fraction of sp³-hybridized carbons (Fsp3) is 0.438. The molecule has 2 aromatic rings. The highest BCUT2D eigenvalue weighted by molar-refractivity contribution is 5.76. The number of alkyl halides is 3. The van der Waals surface area contributed by atoms with Crippen LogP contribution in [0, 0.1) is 13.8 Å². The first kappa shape index (κ1) is 18.0. The number of rotatable bonds is 5. The zero-order chi connectivity index (χ0) is 17.9. The monoisotopic (exact) mass is 340 g/mol. The van der Waals surface area contributed by atoms with Gasteiger partial charge in [0.05, 0.1) is 5.69 Å². The largest absolute Gasteiger partial charge is 0.412 e. The summed E-state index contributed by atoms with van der Waals surface area (Å²) in [5, 5.41) is 6.29. The van der Waals surface area contributed by atoms with E-state index in [0.717, 1.165) is 23.1 Å². The topological polar surface area (TPSA) is 59.8 Å². The quantitative estimate of drug-likeness (QED) is 0.910. The van der Waals surface area contributed by atoms with Crippen molar-refractivity contribution in [3.63, 3.8) is 0 Å². The number of nitrogens with one attached hydrogen (secondary N) is 1. The van der Waals surface area contributed by atoms with Crippen molar-refractivity contribution in [3.8, 4) is 0 Å². The first-order valence-electron chi connectivity index (χ1n) is 7.45. The lowest BCUT2D eigenvalue weighted by Crippen LogP contribution is -2.38. The van der Waals surface area contributed by atoms with Crippen LogP contribution in [0.25, 0.3) is 0 Å². The van der Waals surface area contributed by atoms with Crippen LogP contribution in [-0.2, 0) is 18.3 Å². The lowest BCUT2D eigenvalue weighted by molar-refractivity contribution is -0.163. The molecule has 2 rings (SSSR count). The molecule has 0 aliphatic heterocycles. The normalized spacial score (nSPS) is 12.9. The Bertz CT molecular complexity index is 710. The molecule has 0 bridgehead atoms.